The van der Waals surface area contributed by atoms with Crippen LogP contribution in [0.25, 0.3) is 0 Å². The van der Waals surface area contributed by atoms with Crippen molar-refractivity contribution in [1.82, 2.24) is 4.98 Å². The van der Waals surface area contributed by atoms with Gasteiger partial charge >= 0.3 is 5.97 Å². The van der Waals surface area contributed by atoms with Crippen molar-refractivity contribution in [3.63, 3.8) is 0 Å². The van der Waals surface area contributed by atoms with Crippen LogP contribution in [0.15, 0.2) is 60.0 Å². The van der Waals surface area contributed by atoms with Crippen LogP contribution in [-0.4, -0.2) is 31.3 Å². The van der Waals surface area contributed by atoms with Crippen molar-refractivity contribution in [1.29, 1.82) is 0 Å². The van der Waals surface area contributed by atoms with Crippen molar-refractivity contribution in [2.24, 2.45) is 0 Å². The van der Waals surface area contributed by atoms with Gasteiger partial charge in [0.2, 0.25) is 0 Å². The van der Waals surface area contributed by atoms with Crippen LogP contribution in [0.4, 0.5) is 5.13 Å². The lowest BCUT2D eigenvalue weighted by Crippen LogP contribution is -2.12. The van der Waals surface area contributed by atoms with Gasteiger partial charge in [-0.15, -0.1) is 11.3 Å². The Labute approximate surface area is 161 Å². The van der Waals surface area contributed by atoms with Gasteiger partial charge in [-0.1, -0.05) is 30.3 Å². The first-order chi connectivity index (χ1) is 13.2. The number of nitrogens with zero attached hydrogens (tertiary/aromatic N) is 1. The maximum Gasteiger partial charge on any atom is 0.358 e. The van der Waals surface area contributed by atoms with E-state index in [1.165, 1.54) is 11.3 Å². The van der Waals surface area contributed by atoms with Gasteiger partial charge in [0, 0.05) is 11.9 Å². The van der Waals surface area contributed by atoms with Crippen LogP contribution in [0.5, 0.6) is 11.5 Å². The Morgan fingerprint density at radius 3 is 2.52 bits per heavy atom. The maximum atomic E-state index is 12.0. The first-order valence-corrected chi connectivity index (χ1v) is 9.30. The number of carbonyl (C=O) groups is 1. The molecule has 1 N–H and O–H groups in total. The summed E-state index contributed by atoms with van der Waals surface area (Å²) in [7, 11) is 1.61. The van der Waals surface area contributed by atoms with E-state index >= 15 is 0 Å². The predicted molar refractivity (Wildman–Crippen MR) is 105 cm³/mol. The summed E-state index contributed by atoms with van der Waals surface area (Å²) >= 11 is 1.37. The Morgan fingerprint density at radius 1 is 1.04 bits per heavy atom. The second kappa shape index (κ2) is 9.59. The van der Waals surface area contributed by atoms with E-state index in [4.69, 9.17) is 14.2 Å². The van der Waals surface area contributed by atoms with Crippen molar-refractivity contribution in [2.45, 2.75) is 6.54 Å². The fourth-order valence-electron chi connectivity index (χ4n) is 2.26. The average molecular weight is 384 g/mol. The van der Waals surface area contributed by atoms with Gasteiger partial charge in [0.25, 0.3) is 0 Å². The second-order valence-electron chi connectivity index (χ2n) is 5.54. The van der Waals surface area contributed by atoms with E-state index < -0.39 is 5.97 Å². The van der Waals surface area contributed by atoms with Gasteiger partial charge in [0.05, 0.1) is 7.11 Å². The van der Waals surface area contributed by atoms with E-state index in [-0.39, 0.29) is 13.2 Å². The molecule has 0 bridgehead atoms. The van der Waals surface area contributed by atoms with Gasteiger partial charge in [0.15, 0.2) is 10.8 Å². The zero-order valence-corrected chi connectivity index (χ0v) is 15.7. The molecule has 0 aliphatic heterocycles. The Bertz CT molecular complexity index is 850. The van der Waals surface area contributed by atoms with Gasteiger partial charge in [-0.25, -0.2) is 9.78 Å². The normalized spacial score (nSPS) is 10.3. The lowest BCUT2D eigenvalue weighted by Gasteiger charge is -2.07. The summed E-state index contributed by atoms with van der Waals surface area (Å²) in [6.07, 6.45) is 0. The molecule has 6 nitrogen and oxygen atoms in total. The van der Waals surface area contributed by atoms with Crippen LogP contribution < -0.4 is 14.8 Å². The highest BCUT2D eigenvalue weighted by Crippen LogP contribution is 2.18. The van der Waals surface area contributed by atoms with Gasteiger partial charge in [-0.2, -0.15) is 0 Å². The maximum absolute atomic E-state index is 12.0. The minimum atomic E-state index is -0.461. The van der Waals surface area contributed by atoms with E-state index in [0.29, 0.717) is 23.1 Å². The van der Waals surface area contributed by atoms with Crippen LogP contribution in [0.2, 0.25) is 0 Å². The van der Waals surface area contributed by atoms with E-state index in [9.17, 15) is 4.79 Å². The molecular formula is C20H20N2O4S. The Balaban J connectivity index is 1.39. The van der Waals surface area contributed by atoms with E-state index in [1.807, 2.05) is 30.3 Å². The molecule has 0 fully saturated rings. The minimum Gasteiger partial charge on any atom is -0.497 e. The summed E-state index contributed by atoms with van der Waals surface area (Å²) in [5.74, 6) is 0.985. The van der Waals surface area contributed by atoms with Crippen molar-refractivity contribution in [2.75, 3.05) is 25.6 Å². The summed E-state index contributed by atoms with van der Waals surface area (Å²) in [6.45, 7) is 1.06. The van der Waals surface area contributed by atoms with Gasteiger partial charge < -0.3 is 19.5 Å². The molecule has 0 radical (unpaired) electrons. The van der Waals surface area contributed by atoms with Crippen molar-refractivity contribution in [3.8, 4) is 11.5 Å². The summed E-state index contributed by atoms with van der Waals surface area (Å²) in [6, 6.07) is 17.2. The van der Waals surface area contributed by atoms with E-state index in [0.717, 1.165) is 11.3 Å². The standard InChI is InChI=1S/C20H20N2O4S/c1-24-16-7-9-17(10-8-16)25-11-12-26-19(23)18-14-27-20(22-18)21-13-15-5-3-2-4-6-15/h2-10,14H,11-13H2,1H3,(H,21,22). The molecule has 0 spiro atoms. The molecule has 0 aliphatic rings. The smallest absolute Gasteiger partial charge is 0.358 e. The molecule has 0 aliphatic carbocycles. The largest absolute Gasteiger partial charge is 0.497 e. The molecule has 3 rings (SSSR count). The quantitative estimate of drug-likeness (QED) is 0.444. The summed E-state index contributed by atoms with van der Waals surface area (Å²) < 4.78 is 15.8. The van der Waals surface area contributed by atoms with Crippen LogP contribution in [0.3, 0.4) is 0 Å². The summed E-state index contributed by atoms with van der Waals surface area (Å²) in [4.78, 5) is 16.3. The predicted octanol–water partition coefficient (Wildman–Crippen LogP) is 4.00. The summed E-state index contributed by atoms with van der Waals surface area (Å²) in [5, 5.41) is 5.56. The number of aromatic nitrogens is 1. The first kappa shape index (κ1) is 18.7. The van der Waals surface area contributed by atoms with Crippen molar-refractivity contribution >= 4 is 22.4 Å². The van der Waals surface area contributed by atoms with Gasteiger partial charge in [-0.3, -0.25) is 0 Å². The fourth-order valence-corrected chi connectivity index (χ4v) is 2.94. The van der Waals surface area contributed by atoms with Crippen molar-refractivity contribution in [3.05, 3.63) is 71.2 Å². The second-order valence-corrected chi connectivity index (χ2v) is 6.40. The highest BCUT2D eigenvalue weighted by Gasteiger charge is 2.12. The monoisotopic (exact) mass is 384 g/mol. The number of esters is 1. The zero-order chi connectivity index (χ0) is 18.9. The number of anilines is 1. The number of thiazole rings is 1. The van der Waals surface area contributed by atoms with Crippen molar-refractivity contribution < 1.29 is 19.0 Å². The Kier molecular flexibility index (Phi) is 6.65. The molecule has 0 saturated heterocycles. The first-order valence-electron chi connectivity index (χ1n) is 8.42. The number of ether oxygens (including phenoxy) is 3. The Morgan fingerprint density at radius 2 is 1.78 bits per heavy atom. The third-order valence-electron chi connectivity index (χ3n) is 3.64. The highest BCUT2D eigenvalue weighted by atomic mass is 32.1. The molecule has 2 aromatic carbocycles. The van der Waals surface area contributed by atoms with Crippen LogP contribution >= 0.6 is 11.3 Å². The number of nitrogens with one attached hydrogen (secondary N) is 1. The molecule has 0 atom stereocenters. The van der Waals surface area contributed by atoms with E-state index in [2.05, 4.69) is 10.3 Å². The number of methoxy groups -OCH3 is 1. The molecule has 1 heterocycles. The molecule has 140 valence electrons. The average Bonchev–Trinajstić information content (AvgIpc) is 3.20. The zero-order valence-electron chi connectivity index (χ0n) is 14.9. The third kappa shape index (κ3) is 5.72. The van der Waals surface area contributed by atoms with E-state index in [1.54, 1.807) is 36.8 Å². The Hall–Kier alpha value is -3.06. The van der Waals surface area contributed by atoms with Crippen LogP contribution in [-0.2, 0) is 11.3 Å². The number of rotatable bonds is 9. The lowest BCUT2D eigenvalue weighted by molar-refractivity contribution is 0.0444. The molecule has 0 amide bonds. The number of benzene rings is 2. The number of hydrogen-bond acceptors (Lipinski definition) is 7. The minimum absolute atomic E-state index is 0.148. The molecule has 1 aromatic heterocycles. The third-order valence-corrected chi connectivity index (χ3v) is 4.44. The number of hydrogen-bond donors (Lipinski definition) is 1. The SMILES string of the molecule is COc1ccc(OCCOC(=O)c2csc(NCc3ccccc3)n2)cc1. The topological polar surface area (TPSA) is 69.7 Å². The molecular weight excluding hydrogens is 364 g/mol. The summed E-state index contributed by atoms with van der Waals surface area (Å²) in [5.41, 5.74) is 1.44. The lowest BCUT2D eigenvalue weighted by atomic mass is 10.2. The van der Waals surface area contributed by atoms with Crippen LogP contribution in [0, 0.1) is 0 Å². The molecule has 7 heteroatoms. The molecule has 0 unspecified atom stereocenters. The molecule has 0 saturated carbocycles. The van der Waals surface area contributed by atoms with Gasteiger partial charge in [0.1, 0.15) is 24.7 Å². The molecule has 27 heavy (non-hydrogen) atoms. The fraction of sp³-hybridized carbons (Fsp3) is 0.200. The molecule has 3 aromatic rings. The van der Waals surface area contributed by atoms with Crippen LogP contribution in [0.1, 0.15) is 16.1 Å². The van der Waals surface area contributed by atoms with Gasteiger partial charge in [-0.05, 0) is 29.8 Å². The highest BCUT2D eigenvalue weighted by molar-refractivity contribution is 7.13. The number of carbonyl (C=O) groups excluding carboxylic acids is 1.